The van der Waals surface area contributed by atoms with Gasteiger partial charge in [-0.1, -0.05) is 5.16 Å². The summed E-state index contributed by atoms with van der Waals surface area (Å²) in [5.74, 6) is -1.15. The van der Waals surface area contributed by atoms with Crippen molar-refractivity contribution in [2.24, 2.45) is 0 Å². The molecule has 0 spiro atoms. The summed E-state index contributed by atoms with van der Waals surface area (Å²) in [4.78, 5) is 28.6. The fourth-order valence-electron chi connectivity index (χ4n) is 3.78. The highest BCUT2D eigenvalue weighted by Gasteiger charge is 2.23. The number of carboxylic acid groups (broad SMARTS) is 1. The van der Waals surface area contributed by atoms with Crippen molar-refractivity contribution in [3.63, 3.8) is 0 Å². The standard InChI is InChI=1S/C21H18FN5O5/c22-14-3-1-13(2-4-14)19-23-17(32-25-19)11-26-10-15(21(29)30)20(28)27-18(26)9-16(24-27)12-5-7-31-8-6-12/h1-4,9-10,12H,5-8,11H2,(H,29,30). The number of fused-ring (bicyclic) bond motifs is 1. The smallest absolute Gasteiger partial charge is 0.342 e. The zero-order valence-electron chi connectivity index (χ0n) is 16.8. The van der Waals surface area contributed by atoms with E-state index in [2.05, 4.69) is 15.2 Å². The average Bonchev–Trinajstić information content (AvgIpc) is 3.45. The van der Waals surface area contributed by atoms with Gasteiger partial charge in [0, 0.05) is 37.0 Å². The van der Waals surface area contributed by atoms with Crippen LogP contribution in [0.1, 0.15) is 40.7 Å². The summed E-state index contributed by atoms with van der Waals surface area (Å²) < 4.78 is 26.5. The number of halogens is 1. The Balaban J connectivity index is 1.54. The lowest BCUT2D eigenvalue weighted by Crippen LogP contribution is -2.26. The van der Waals surface area contributed by atoms with Crippen LogP contribution in [0.15, 0.2) is 45.8 Å². The maximum atomic E-state index is 13.2. The van der Waals surface area contributed by atoms with Crippen LogP contribution in [0.4, 0.5) is 4.39 Å². The minimum Gasteiger partial charge on any atom is -0.477 e. The van der Waals surface area contributed by atoms with Crippen molar-refractivity contribution in [1.82, 2.24) is 24.3 Å². The Morgan fingerprint density at radius 2 is 1.97 bits per heavy atom. The Kier molecular flexibility index (Phi) is 5.02. The number of hydrogen-bond donors (Lipinski definition) is 1. The van der Waals surface area contributed by atoms with Gasteiger partial charge in [0.2, 0.25) is 11.7 Å². The predicted octanol–water partition coefficient (Wildman–Crippen LogP) is 2.33. The van der Waals surface area contributed by atoms with Crippen molar-refractivity contribution in [3.8, 4) is 11.4 Å². The minimum atomic E-state index is -1.36. The van der Waals surface area contributed by atoms with E-state index in [0.29, 0.717) is 30.1 Å². The fourth-order valence-corrected chi connectivity index (χ4v) is 3.78. The van der Waals surface area contributed by atoms with Gasteiger partial charge in [0.25, 0.3) is 5.56 Å². The van der Waals surface area contributed by atoms with E-state index in [9.17, 15) is 19.1 Å². The van der Waals surface area contributed by atoms with Crippen molar-refractivity contribution in [2.75, 3.05) is 13.2 Å². The van der Waals surface area contributed by atoms with Gasteiger partial charge in [0.05, 0.1) is 5.69 Å². The molecule has 5 rings (SSSR count). The molecule has 1 N–H and O–H groups in total. The number of ether oxygens (including phenoxy) is 1. The van der Waals surface area contributed by atoms with E-state index in [-0.39, 0.29) is 30.0 Å². The third-order valence-corrected chi connectivity index (χ3v) is 5.46. The highest BCUT2D eigenvalue weighted by atomic mass is 19.1. The zero-order valence-corrected chi connectivity index (χ0v) is 16.8. The molecule has 0 saturated carbocycles. The monoisotopic (exact) mass is 439 g/mol. The molecular formula is C21H18FN5O5. The van der Waals surface area contributed by atoms with Gasteiger partial charge in [-0.2, -0.15) is 14.6 Å². The van der Waals surface area contributed by atoms with Gasteiger partial charge in [0.15, 0.2) is 0 Å². The first-order chi connectivity index (χ1) is 15.5. The Bertz CT molecular complexity index is 1350. The third kappa shape index (κ3) is 3.66. The molecule has 10 nitrogen and oxygen atoms in total. The molecule has 1 aromatic carbocycles. The lowest BCUT2D eigenvalue weighted by Gasteiger charge is -2.19. The molecule has 1 saturated heterocycles. The molecule has 3 aromatic heterocycles. The van der Waals surface area contributed by atoms with E-state index in [1.165, 1.54) is 30.5 Å². The molecule has 1 aliphatic heterocycles. The van der Waals surface area contributed by atoms with E-state index in [0.717, 1.165) is 17.4 Å². The quantitative estimate of drug-likeness (QED) is 0.502. The molecule has 0 radical (unpaired) electrons. The molecule has 11 heteroatoms. The molecule has 32 heavy (non-hydrogen) atoms. The van der Waals surface area contributed by atoms with Gasteiger partial charge >= 0.3 is 5.97 Å². The second-order valence-corrected chi connectivity index (χ2v) is 7.53. The number of benzene rings is 1. The molecule has 1 aliphatic rings. The van der Waals surface area contributed by atoms with Crippen LogP contribution in [-0.2, 0) is 11.3 Å². The number of aromatic carboxylic acids is 1. The molecule has 0 atom stereocenters. The summed E-state index contributed by atoms with van der Waals surface area (Å²) in [5, 5.41) is 17.8. The fraction of sp³-hybridized carbons (Fsp3) is 0.286. The van der Waals surface area contributed by atoms with Crippen molar-refractivity contribution in [2.45, 2.75) is 25.3 Å². The molecule has 1 fully saturated rings. The number of carbonyl (C=O) groups is 1. The Hall–Kier alpha value is -3.86. The van der Waals surface area contributed by atoms with Crippen molar-refractivity contribution >= 4 is 11.6 Å². The van der Waals surface area contributed by atoms with E-state index in [1.54, 1.807) is 10.6 Å². The van der Waals surface area contributed by atoms with Crippen LogP contribution in [0.3, 0.4) is 0 Å². The molecule has 0 aliphatic carbocycles. The average molecular weight is 439 g/mol. The van der Waals surface area contributed by atoms with Crippen LogP contribution in [0.25, 0.3) is 17.0 Å². The van der Waals surface area contributed by atoms with E-state index >= 15 is 0 Å². The highest BCUT2D eigenvalue weighted by Crippen LogP contribution is 2.26. The summed E-state index contributed by atoms with van der Waals surface area (Å²) in [5.41, 5.74) is 0.572. The zero-order chi connectivity index (χ0) is 22.2. The van der Waals surface area contributed by atoms with Gasteiger partial charge in [-0.25, -0.2) is 9.18 Å². The summed E-state index contributed by atoms with van der Waals surface area (Å²) >= 11 is 0. The van der Waals surface area contributed by atoms with Gasteiger partial charge in [-0.05, 0) is 37.1 Å². The molecule has 0 amide bonds. The van der Waals surface area contributed by atoms with Crippen LogP contribution in [0.2, 0.25) is 0 Å². The van der Waals surface area contributed by atoms with Crippen LogP contribution in [0.5, 0.6) is 0 Å². The van der Waals surface area contributed by atoms with Crippen LogP contribution in [0, 0.1) is 5.82 Å². The summed E-state index contributed by atoms with van der Waals surface area (Å²) in [6, 6.07) is 7.42. The normalized spacial score (nSPS) is 14.8. The van der Waals surface area contributed by atoms with Gasteiger partial charge in [0.1, 0.15) is 23.6 Å². The van der Waals surface area contributed by atoms with Crippen molar-refractivity contribution in [3.05, 3.63) is 69.8 Å². The van der Waals surface area contributed by atoms with E-state index in [1.807, 2.05) is 0 Å². The summed E-state index contributed by atoms with van der Waals surface area (Å²) in [6.45, 7) is 1.24. The number of nitrogens with zero attached hydrogens (tertiary/aromatic N) is 5. The van der Waals surface area contributed by atoms with Gasteiger partial charge in [-0.3, -0.25) is 4.79 Å². The number of carboxylic acids is 1. The molecule has 4 heterocycles. The van der Waals surface area contributed by atoms with Gasteiger partial charge < -0.3 is 18.9 Å². The molecule has 0 bridgehead atoms. The second-order valence-electron chi connectivity index (χ2n) is 7.53. The first kappa shape index (κ1) is 20.1. The topological polar surface area (TPSA) is 125 Å². The van der Waals surface area contributed by atoms with Crippen LogP contribution < -0.4 is 5.56 Å². The number of rotatable bonds is 5. The van der Waals surface area contributed by atoms with Crippen LogP contribution in [-0.4, -0.2) is 48.6 Å². The lowest BCUT2D eigenvalue weighted by molar-refractivity contribution is 0.0693. The maximum Gasteiger partial charge on any atom is 0.342 e. The Morgan fingerprint density at radius 3 is 2.69 bits per heavy atom. The molecule has 0 unspecified atom stereocenters. The van der Waals surface area contributed by atoms with E-state index < -0.39 is 17.1 Å². The third-order valence-electron chi connectivity index (χ3n) is 5.46. The van der Waals surface area contributed by atoms with E-state index in [4.69, 9.17) is 9.26 Å². The van der Waals surface area contributed by atoms with Gasteiger partial charge in [-0.15, -0.1) is 0 Å². The van der Waals surface area contributed by atoms with Crippen molar-refractivity contribution < 1.29 is 23.6 Å². The molecule has 4 aromatic rings. The first-order valence-corrected chi connectivity index (χ1v) is 10.0. The minimum absolute atomic E-state index is 0.0250. The second kappa shape index (κ2) is 8.00. The number of aromatic nitrogens is 5. The highest BCUT2D eigenvalue weighted by molar-refractivity contribution is 5.87. The molecule has 164 valence electrons. The lowest BCUT2D eigenvalue weighted by atomic mass is 9.97. The predicted molar refractivity (Wildman–Crippen MR) is 108 cm³/mol. The Labute approximate surface area is 179 Å². The molecular weight excluding hydrogens is 421 g/mol. The summed E-state index contributed by atoms with van der Waals surface area (Å²) in [6.07, 6.45) is 2.79. The van der Waals surface area contributed by atoms with Crippen LogP contribution >= 0.6 is 0 Å². The largest absolute Gasteiger partial charge is 0.477 e. The SMILES string of the molecule is O=C(O)c1cn(Cc2nc(-c3ccc(F)cc3)no2)c2cc(C3CCOCC3)nn2c1=O. The first-order valence-electron chi connectivity index (χ1n) is 10.0. The maximum absolute atomic E-state index is 13.2. The van der Waals surface area contributed by atoms with Crippen molar-refractivity contribution in [1.29, 1.82) is 0 Å². The summed E-state index contributed by atoms with van der Waals surface area (Å²) in [7, 11) is 0. The Morgan fingerprint density at radius 1 is 1.22 bits per heavy atom. The number of hydrogen-bond acceptors (Lipinski definition) is 7.